The molecule has 0 atom stereocenters. The smallest absolute Gasteiger partial charge is 0.138 e. The Kier molecular flexibility index (Phi) is 5.43. The van der Waals surface area contributed by atoms with Crippen molar-refractivity contribution in [2.45, 2.75) is 38.5 Å². The van der Waals surface area contributed by atoms with Crippen molar-refractivity contribution in [2.24, 2.45) is 0 Å². The number of aromatic nitrogens is 5. The number of anilines is 3. The maximum absolute atomic E-state index is 5.63. The van der Waals surface area contributed by atoms with Crippen molar-refractivity contribution in [3.63, 3.8) is 0 Å². The third-order valence-corrected chi connectivity index (χ3v) is 11.6. The zero-order valence-electron chi connectivity index (χ0n) is 28.9. The van der Waals surface area contributed by atoms with Crippen LogP contribution in [-0.2, 0) is 10.8 Å². The summed E-state index contributed by atoms with van der Waals surface area (Å²) in [6.07, 6.45) is 6.00. The van der Waals surface area contributed by atoms with E-state index in [0.717, 1.165) is 62.0 Å². The molecule has 0 saturated carbocycles. The second-order valence-electron chi connectivity index (χ2n) is 15.0. The van der Waals surface area contributed by atoms with Crippen LogP contribution in [0.1, 0.15) is 50.1 Å². The Bertz CT molecular complexity index is 2840. The first-order valence-corrected chi connectivity index (χ1v) is 17.6. The van der Waals surface area contributed by atoms with Crippen molar-refractivity contribution >= 4 is 60.7 Å². The molecule has 51 heavy (non-hydrogen) atoms. The summed E-state index contributed by atoms with van der Waals surface area (Å²) in [5, 5.41) is 4.90. The van der Waals surface area contributed by atoms with Gasteiger partial charge in [0.15, 0.2) is 0 Å². The first-order chi connectivity index (χ1) is 24.8. The summed E-state index contributed by atoms with van der Waals surface area (Å²) < 4.78 is 4.66. The molecule has 0 amide bonds. The topological polar surface area (TPSA) is 51.8 Å². The molecular formula is C45H34N6. The molecule has 0 radical (unpaired) electrons. The van der Waals surface area contributed by atoms with Gasteiger partial charge in [-0.15, -0.1) is 0 Å². The molecule has 0 bridgehead atoms. The van der Waals surface area contributed by atoms with Crippen molar-refractivity contribution < 1.29 is 0 Å². The minimum Gasteiger partial charge on any atom is -0.306 e. The predicted molar refractivity (Wildman–Crippen MR) is 207 cm³/mol. The summed E-state index contributed by atoms with van der Waals surface area (Å²) >= 11 is 0. The zero-order chi connectivity index (χ0) is 34.2. The second-order valence-corrected chi connectivity index (χ2v) is 15.0. The number of benzene rings is 4. The van der Waals surface area contributed by atoms with Crippen LogP contribution in [0.3, 0.4) is 0 Å². The average molecular weight is 659 g/mol. The molecule has 2 aliphatic heterocycles. The van der Waals surface area contributed by atoms with Gasteiger partial charge in [0, 0.05) is 50.3 Å². The Labute approximate surface area is 295 Å². The minimum absolute atomic E-state index is 0.385. The van der Waals surface area contributed by atoms with Gasteiger partial charge >= 0.3 is 0 Å². The van der Waals surface area contributed by atoms with E-state index in [1.165, 1.54) is 32.7 Å². The van der Waals surface area contributed by atoms with Crippen molar-refractivity contribution in [3.8, 4) is 11.6 Å². The highest BCUT2D eigenvalue weighted by Crippen LogP contribution is 2.59. The third kappa shape index (κ3) is 3.59. The predicted octanol–water partition coefficient (Wildman–Crippen LogP) is 10.8. The van der Waals surface area contributed by atoms with Crippen LogP contribution in [0.5, 0.6) is 0 Å². The monoisotopic (exact) mass is 658 g/mol. The summed E-state index contributed by atoms with van der Waals surface area (Å²) in [6.45, 7) is 9.29. The van der Waals surface area contributed by atoms with Gasteiger partial charge in [-0.25, -0.2) is 9.97 Å². The van der Waals surface area contributed by atoms with E-state index >= 15 is 0 Å². The number of pyridine rings is 3. The van der Waals surface area contributed by atoms with Crippen molar-refractivity contribution in [1.82, 2.24) is 24.1 Å². The molecule has 0 saturated heterocycles. The molecule has 244 valence electrons. The lowest BCUT2D eigenvalue weighted by atomic mass is 9.68. The van der Waals surface area contributed by atoms with Gasteiger partial charge < -0.3 is 4.90 Å². The molecule has 5 aromatic heterocycles. The van der Waals surface area contributed by atoms with Gasteiger partial charge in [-0.3, -0.25) is 14.1 Å². The fourth-order valence-electron chi connectivity index (χ4n) is 9.06. The van der Waals surface area contributed by atoms with Gasteiger partial charge in [-0.05, 0) is 67.4 Å². The molecule has 6 heteroatoms. The average Bonchev–Trinajstić information content (AvgIpc) is 3.68. The zero-order valence-corrected chi connectivity index (χ0v) is 28.9. The Morgan fingerprint density at radius 1 is 0.490 bits per heavy atom. The van der Waals surface area contributed by atoms with Crippen LogP contribution in [0.4, 0.5) is 17.1 Å². The summed E-state index contributed by atoms with van der Waals surface area (Å²) in [5.41, 5.74) is 11.8. The van der Waals surface area contributed by atoms with Crippen LogP contribution in [-0.4, -0.2) is 24.1 Å². The van der Waals surface area contributed by atoms with E-state index < -0.39 is 5.41 Å². The molecular weight excluding hydrogens is 625 g/mol. The third-order valence-electron chi connectivity index (χ3n) is 11.6. The van der Waals surface area contributed by atoms with Crippen molar-refractivity contribution in [2.75, 3.05) is 4.90 Å². The SMILES string of the molecule is CC1(C)c2cc(-n3c4ccccc4c4ccccc43)ncc2N2c3ccncc3C(C)(C)c3nc(-n4c5ccccc5c5ccccc54)cc1c32. The minimum atomic E-state index is -0.400. The second kappa shape index (κ2) is 9.70. The van der Waals surface area contributed by atoms with E-state index in [2.05, 4.69) is 168 Å². The maximum Gasteiger partial charge on any atom is 0.138 e. The molecule has 0 N–H and O–H groups in total. The van der Waals surface area contributed by atoms with Crippen molar-refractivity contribution in [1.29, 1.82) is 0 Å². The van der Waals surface area contributed by atoms with Crippen molar-refractivity contribution in [3.05, 3.63) is 156 Å². The Hall–Kier alpha value is -6.27. The van der Waals surface area contributed by atoms with Crippen LogP contribution < -0.4 is 4.90 Å². The number of para-hydroxylation sites is 4. The fourth-order valence-corrected chi connectivity index (χ4v) is 9.06. The standard InChI is InChI=1S/C45H34N6/c1-44(2)31-23-40(49-34-17-9-5-13-27(34)28-14-6-10-18-35(28)49)47-26-39(31)51-38-21-22-46-25-33(38)45(3,4)43-42(51)32(44)24-41(48-43)50-36-19-11-7-15-29(36)30-16-8-12-20-37(30)50/h5-26H,1-4H3. The lowest BCUT2D eigenvalue weighted by Crippen LogP contribution is -2.39. The highest BCUT2D eigenvalue weighted by atomic mass is 15.2. The Morgan fingerprint density at radius 2 is 1.00 bits per heavy atom. The van der Waals surface area contributed by atoms with E-state index in [4.69, 9.17) is 9.97 Å². The molecule has 6 nitrogen and oxygen atoms in total. The summed E-state index contributed by atoms with van der Waals surface area (Å²) in [4.78, 5) is 17.9. The molecule has 2 aliphatic rings. The normalized spacial score (nSPS) is 15.3. The highest BCUT2D eigenvalue weighted by molar-refractivity contribution is 6.10. The number of nitrogens with zero attached hydrogens (tertiary/aromatic N) is 6. The van der Waals surface area contributed by atoms with Gasteiger partial charge in [0.2, 0.25) is 0 Å². The quantitative estimate of drug-likeness (QED) is 0.185. The molecule has 11 rings (SSSR count). The lowest BCUT2D eigenvalue weighted by Gasteiger charge is -2.48. The van der Waals surface area contributed by atoms with Gasteiger partial charge in [0.25, 0.3) is 0 Å². The summed E-state index contributed by atoms with van der Waals surface area (Å²) in [7, 11) is 0. The van der Waals surface area contributed by atoms with Crippen LogP contribution in [0.15, 0.2) is 134 Å². The summed E-state index contributed by atoms with van der Waals surface area (Å²) in [6, 6.07) is 41.4. The van der Waals surface area contributed by atoms with E-state index in [1.807, 2.05) is 12.4 Å². The van der Waals surface area contributed by atoms with Crippen LogP contribution in [0.25, 0.3) is 55.2 Å². The van der Waals surface area contributed by atoms with Gasteiger partial charge in [0.05, 0.1) is 51.0 Å². The van der Waals surface area contributed by atoms with Crippen LogP contribution in [0.2, 0.25) is 0 Å². The Morgan fingerprint density at radius 3 is 1.57 bits per heavy atom. The molecule has 0 spiro atoms. The number of fused-ring (bicyclic) bond motifs is 10. The lowest BCUT2D eigenvalue weighted by molar-refractivity contribution is 0.576. The molecule has 0 aliphatic carbocycles. The van der Waals surface area contributed by atoms with E-state index in [9.17, 15) is 0 Å². The molecule has 4 aromatic carbocycles. The van der Waals surface area contributed by atoms with Gasteiger partial charge in [-0.1, -0.05) is 86.6 Å². The molecule has 7 heterocycles. The first kappa shape index (κ1) is 28.6. The first-order valence-electron chi connectivity index (χ1n) is 17.6. The number of hydrogen-bond acceptors (Lipinski definition) is 4. The van der Waals surface area contributed by atoms with Gasteiger partial charge in [-0.2, -0.15) is 0 Å². The van der Waals surface area contributed by atoms with Crippen LogP contribution >= 0.6 is 0 Å². The van der Waals surface area contributed by atoms with Crippen LogP contribution in [0, 0.1) is 0 Å². The van der Waals surface area contributed by atoms with E-state index in [1.54, 1.807) is 0 Å². The molecule has 0 fully saturated rings. The number of rotatable bonds is 2. The largest absolute Gasteiger partial charge is 0.306 e. The molecule has 9 aromatic rings. The number of hydrogen-bond donors (Lipinski definition) is 0. The Balaban J connectivity index is 1.23. The van der Waals surface area contributed by atoms with E-state index in [0.29, 0.717) is 0 Å². The van der Waals surface area contributed by atoms with Gasteiger partial charge in [0.1, 0.15) is 11.6 Å². The maximum atomic E-state index is 5.63. The molecule has 0 unspecified atom stereocenters. The van der Waals surface area contributed by atoms with E-state index in [-0.39, 0.29) is 5.41 Å². The fraction of sp³-hybridized carbons (Fsp3) is 0.133. The highest BCUT2D eigenvalue weighted by Gasteiger charge is 2.47. The summed E-state index contributed by atoms with van der Waals surface area (Å²) in [5.74, 6) is 1.83.